The van der Waals surface area contributed by atoms with Crippen molar-refractivity contribution in [2.24, 2.45) is 0 Å². The lowest BCUT2D eigenvalue weighted by molar-refractivity contribution is -0.124. The lowest BCUT2D eigenvalue weighted by atomic mass is 9.92. The Bertz CT molecular complexity index is 1650. The second kappa shape index (κ2) is 11.6. The third-order valence-corrected chi connectivity index (χ3v) is 8.64. The Morgan fingerprint density at radius 3 is 2.65 bits per heavy atom. The van der Waals surface area contributed by atoms with E-state index < -0.39 is 17.0 Å². The standard InChI is InChI=1S/C32H32Cl2N4O5/c1-32(34)13-10-23(11-14-32)43-31(41)38-16-12-24-25-18-21(33)6-9-26(25)35-28(24)29(38)20-4-7-22(8-5-20)42-17-3-15-37-19-27(39)36(2)30(37)40/h4-11,13,18,29,35H,3,12,14-17,19H2,1-2H3/t29?,32-/m0/s1. The number of carbonyl (C=O) groups excluding carboxylic acids is 3. The van der Waals surface area contributed by atoms with Gasteiger partial charge in [-0.15, -0.1) is 11.6 Å². The molecule has 1 aromatic heterocycles. The fourth-order valence-electron chi connectivity index (χ4n) is 5.75. The highest BCUT2D eigenvalue weighted by Crippen LogP contribution is 2.40. The summed E-state index contributed by atoms with van der Waals surface area (Å²) in [6.07, 6.45) is 6.78. The zero-order valence-electron chi connectivity index (χ0n) is 23.9. The molecule has 2 aromatic carbocycles. The van der Waals surface area contributed by atoms with Crippen molar-refractivity contribution in [3.63, 3.8) is 0 Å². The number of benzene rings is 2. The van der Waals surface area contributed by atoms with E-state index in [0.717, 1.165) is 32.6 Å². The molecule has 11 heteroatoms. The first-order valence-electron chi connectivity index (χ1n) is 14.2. The van der Waals surface area contributed by atoms with Crippen molar-refractivity contribution >= 4 is 52.1 Å². The second-order valence-corrected chi connectivity index (χ2v) is 12.6. The van der Waals surface area contributed by atoms with E-state index >= 15 is 0 Å². The van der Waals surface area contributed by atoms with E-state index in [1.807, 2.05) is 61.5 Å². The van der Waals surface area contributed by atoms with Crippen LogP contribution in [0.1, 0.15) is 42.6 Å². The number of aromatic amines is 1. The molecule has 1 unspecified atom stereocenters. The molecular weight excluding hydrogens is 591 g/mol. The van der Waals surface area contributed by atoms with E-state index in [2.05, 4.69) is 4.98 Å². The Morgan fingerprint density at radius 2 is 1.95 bits per heavy atom. The van der Waals surface area contributed by atoms with Crippen LogP contribution in [0.2, 0.25) is 5.02 Å². The molecule has 1 N–H and O–H groups in total. The number of hydrogen-bond donors (Lipinski definition) is 1. The maximum Gasteiger partial charge on any atom is 0.416 e. The van der Waals surface area contributed by atoms with Crippen LogP contribution in [-0.2, 0) is 16.0 Å². The molecule has 4 amide bonds. The van der Waals surface area contributed by atoms with Gasteiger partial charge in [-0.05, 0) is 79.8 Å². The monoisotopic (exact) mass is 622 g/mol. The summed E-state index contributed by atoms with van der Waals surface area (Å²) in [6, 6.07) is 12.7. The van der Waals surface area contributed by atoms with Gasteiger partial charge in [0.05, 0.1) is 11.5 Å². The highest BCUT2D eigenvalue weighted by molar-refractivity contribution is 6.31. The van der Waals surface area contributed by atoms with Crippen molar-refractivity contribution in [3.8, 4) is 5.75 Å². The predicted octanol–water partition coefficient (Wildman–Crippen LogP) is 6.41. The van der Waals surface area contributed by atoms with Crippen molar-refractivity contribution in [1.29, 1.82) is 0 Å². The zero-order chi connectivity index (χ0) is 30.3. The smallest absolute Gasteiger partial charge is 0.416 e. The SMILES string of the molecule is CN1C(=O)CN(CCCOc2ccc(C3c4[nH]c5ccc(Cl)cc5c4CCN3C(=O)OC3=CC[C@@](C)(Cl)C=C3)cc2)C1=O. The van der Waals surface area contributed by atoms with Gasteiger partial charge >= 0.3 is 12.1 Å². The quantitative estimate of drug-likeness (QED) is 0.187. The summed E-state index contributed by atoms with van der Waals surface area (Å²) in [7, 11) is 1.49. The number of aromatic nitrogens is 1. The topological polar surface area (TPSA) is 95.2 Å². The fraction of sp³-hybridized carbons (Fsp3) is 0.344. The third kappa shape index (κ3) is 5.96. The van der Waals surface area contributed by atoms with Crippen molar-refractivity contribution in [3.05, 3.63) is 88.3 Å². The number of imide groups is 1. The summed E-state index contributed by atoms with van der Waals surface area (Å²) in [5.74, 6) is 0.944. The van der Waals surface area contributed by atoms with E-state index in [0.29, 0.717) is 55.5 Å². The number of rotatable bonds is 7. The number of fused-ring (bicyclic) bond motifs is 3. The number of alkyl halides is 1. The van der Waals surface area contributed by atoms with E-state index in [-0.39, 0.29) is 18.5 Å². The maximum atomic E-state index is 13.6. The van der Waals surface area contributed by atoms with Crippen molar-refractivity contribution in [2.45, 2.75) is 37.1 Å². The Morgan fingerprint density at radius 1 is 1.16 bits per heavy atom. The van der Waals surface area contributed by atoms with Crippen LogP contribution >= 0.6 is 23.2 Å². The predicted molar refractivity (Wildman–Crippen MR) is 164 cm³/mol. The number of likely N-dealkylation sites (N-methyl/N-ethyl adjacent to an activating group) is 1. The molecule has 0 saturated carbocycles. The molecule has 0 bridgehead atoms. The summed E-state index contributed by atoms with van der Waals surface area (Å²) in [5.41, 5.74) is 3.90. The van der Waals surface area contributed by atoms with Gasteiger partial charge < -0.3 is 19.4 Å². The minimum absolute atomic E-state index is 0.103. The molecule has 224 valence electrons. The van der Waals surface area contributed by atoms with Crippen molar-refractivity contribution in [1.82, 2.24) is 19.7 Å². The van der Waals surface area contributed by atoms with E-state index in [4.69, 9.17) is 32.7 Å². The number of allylic oxidation sites excluding steroid dienone is 3. The first kappa shape index (κ1) is 29.1. The molecule has 1 aliphatic carbocycles. The first-order chi connectivity index (χ1) is 20.6. The van der Waals surface area contributed by atoms with E-state index in [1.54, 1.807) is 11.0 Å². The summed E-state index contributed by atoms with van der Waals surface area (Å²) < 4.78 is 11.8. The van der Waals surface area contributed by atoms with Gasteiger partial charge in [-0.2, -0.15) is 0 Å². The number of halogens is 2. The van der Waals surface area contributed by atoms with Gasteiger partial charge in [0.25, 0.3) is 0 Å². The Kier molecular flexibility index (Phi) is 7.87. The molecule has 0 spiro atoms. The lowest BCUT2D eigenvalue weighted by Gasteiger charge is -2.35. The molecule has 0 radical (unpaired) electrons. The number of urea groups is 1. The Labute approximate surface area is 259 Å². The highest BCUT2D eigenvalue weighted by Gasteiger charge is 2.36. The van der Waals surface area contributed by atoms with Crippen LogP contribution in [0.15, 0.2) is 66.5 Å². The maximum absolute atomic E-state index is 13.6. The van der Waals surface area contributed by atoms with Gasteiger partial charge in [0.2, 0.25) is 5.91 Å². The number of ether oxygens (including phenoxy) is 2. The van der Waals surface area contributed by atoms with E-state index in [9.17, 15) is 14.4 Å². The number of H-pyrrole nitrogens is 1. The largest absolute Gasteiger partial charge is 0.494 e. The van der Waals surface area contributed by atoms with Gasteiger partial charge in [0, 0.05) is 41.8 Å². The van der Waals surface area contributed by atoms with Crippen LogP contribution in [0, 0.1) is 0 Å². The lowest BCUT2D eigenvalue weighted by Crippen LogP contribution is -2.40. The molecule has 3 aromatic rings. The van der Waals surface area contributed by atoms with Crippen molar-refractivity contribution in [2.75, 3.05) is 33.3 Å². The van der Waals surface area contributed by atoms with Crippen LogP contribution in [0.3, 0.4) is 0 Å². The normalized spacial score (nSPS) is 21.8. The Hall–Kier alpha value is -3.95. The third-order valence-electron chi connectivity index (χ3n) is 8.12. The van der Waals surface area contributed by atoms with Crippen LogP contribution in [0.5, 0.6) is 5.75 Å². The zero-order valence-corrected chi connectivity index (χ0v) is 25.5. The molecule has 9 nitrogen and oxygen atoms in total. The van der Waals surface area contributed by atoms with Gasteiger partial charge in [-0.25, -0.2) is 9.59 Å². The molecule has 1 saturated heterocycles. The highest BCUT2D eigenvalue weighted by atomic mass is 35.5. The van der Waals surface area contributed by atoms with Gasteiger partial charge in [-0.1, -0.05) is 29.8 Å². The number of carbonyl (C=O) groups is 3. The summed E-state index contributed by atoms with van der Waals surface area (Å²) in [5, 5.41) is 1.70. The number of nitrogens with one attached hydrogen (secondary N) is 1. The summed E-state index contributed by atoms with van der Waals surface area (Å²) in [6.45, 7) is 3.31. The average Bonchev–Trinajstić information content (AvgIpc) is 3.47. The van der Waals surface area contributed by atoms with Crippen LogP contribution in [0.25, 0.3) is 10.9 Å². The molecule has 3 heterocycles. The molecule has 6 rings (SSSR count). The second-order valence-electron chi connectivity index (χ2n) is 11.3. The van der Waals surface area contributed by atoms with Gasteiger partial charge in [0.15, 0.2) is 0 Å². The fourth-order valence-corrected chi connectivity index (χ4v) is 6.07. The first-order valence-corrected chi connectivity index (χ1v) is 15.0. The van der Waals surface area contributed by atoms with Gasteiger partial charge in [-0.3, -0.25) is 14.6 Å². The minimum atomic E-state index is -0.491. The van der Waals surface area contributed by atoms with Crippen molar-refractivity contribution < 1.29 is 23.9 Å². The number of nitrogens with zero attached hydrogens (tertiary/aromatic N) is 3. The Balaban J connectivity index is 1.20. The summed E-state index contributed by atoms with van der Waals surface area (Å²) in [4.78, 5) is 44.8. The molecule has 2 atom stereocenters. The van der Waals surface area contributed by atoms with Gasteiger partial charge in [0.1, 0.15) is 24.1 Å². The molecule has 1 fully saturated rings. The molecule has 2 aliphatic heterocycles. The van der Waals surface area contributed by atoms with Crippen LogP contribution in [0.4, 0.5) is 9.59 Å². The molecule has 43 heavy (non-hydrogen) atoms. The molecule has 3 aliphatic rings. The average molecular weight is 624 g/mol. The minimum Gasteiger partial charge on any atom is -0.494 e. The number of amides is 4. The summed E-state index contributed by atoms with van der Waals surface area (Å²) >= 11 is 12.7. The van der Waals surface area contributed by atoms with E-state index in [1.165, 1.54) is 11.9 Å². The number of hydrogen-bond acceptors (Lipinski definition) is 5. The van der Waals surface area contributed by atoms with Crippen LogP contribution < -0.4 is 4.74 Å². The van der Waals surface area contributed by atoms with Crippen LogP contribution in [-0.4, -0.2) is 75.9 Å². The molecular formula is C32H32Cl2N4O5.